The predicted octanol–water partition coefficient (Wildman–Crippen LogP) is 4.07. The molecule has 0 heterocycles. The summed E-state index contributed by atoms with van der Waals surface area (Å²) in [6.45, 7) is 2.02. The van der Waals surface area contributed by atoms with E-state index in [1.165, 1.54) is 32.6 Å². The van der Waals surface area contributed by atoms with Gasteiger partial charge < -0.3 is 9.47 Å². The van der Waals surface area contributed by atoms with Gasteiger partial charge in [0.25, 0.3) is 0 Å². The third-order valence-electron chi connectivity index (χ3n) is 3.79. The zero-order chi connectivity index (χ0) is 21.4. The summed E-state index contributed by atoms with van der Waals surface area (Å²) in [5, 5.41) is 15.6. The molecule has 1 amide bonds. The fourth-order valence-electron chi connectivity index (χ4n) is 2.52. The van der Waals surface area contributed by atoms with Crippen LogP contribution in [-0.4, -0.2) is 37.0 Å². The van der Waals surface area contributed by atoms with E-state index in [0.717, 1.165) is 16.2 Å². The highest BCUT2D eigenvalue weighted by molar-refractivity contribution is 7.99. The number of nitro benzene ring substituents is 1. The molecule has 0 saturated heterocycles. The maximum Gasteiger partial charge on any atom is 0.311 e. The van der Waals surface area contributed by atoms with Crippen molar-refractivity contribution in [2.24, 2.45) is 5.10 Å². The van der Waals surface area contributed by atoms with E-state index in [4.69, 9.17) is 21.1 Å². The van der Waals surface area contributed by atoms with Crippen LogP contribution < -0.4 is 14.9 Å². The number of carbonyl (C=O) groups excluding carboxylic acids is 1. The van der Waals surface area contributed by atoms with Crippen LogP contribution in [0.2, 0.25) is 5.02 Å². The highest BCUT2D eigenvalue weighted by Crippen LogP contribution is 2.33. The van der Waals surface area contributed by atoms with Crippen molar-refractivity contribution in [1.29, 1.82) is 0 Å². The van der Waals surface area contributed by atoms with Crippen LogP contribution in [0.25, 0.3) is 0 Å². The Balaban J connectivity index is 2.15. The number of hydrazone groups is 1. The van der Waals surface area contributed by atoms with Gasteiger partial charge in [0.1, 0.15) is 5.75 Å². The zero-order valence-corrected chi connectivity index (χ0v) is 17.7. The van der Waals surface area contributed by atoms with Crippen molar-refractivity contribution < 1.29 is 19.2 Å². The SMILES string of the molecule is CCSc1ccc(Cl)cc1CC(=O)N/N=C\c1cc([N+](=O)[O-])c(OC)cc1OC. The molecular formula is C19H20ClN3O5S. The number of hydrogen-bond acceptors (Lipinski definition) is 7. The Morgan fingerprint density at radius 1 is 1.28 bits per heavy atom. The Hall–Kier alpha value is -2.78. The number of carbonyl (C=O) groups is 1. The first-order valence-corrected chi connectivity index (χ1v) is 9.89. The van der Waals surface area contributed by atoms with Gasteiger partial charge in [-0.3, -0.25) is 14.9 Å². The van der Waals surface area contributed by atoms with Crippen LogP contribution >= 0.6 is 23.4 Å². The summed E-state index contributed by atoms with van der Waals surface area (Å²) in [4.78, 5) is 23.9. The molecule has 10 heteroatoms. The Bertz CT molecular complexity index is 936. The molecule has 1 N–H and O–H groups in total. The molecule has 2 rings (SSSR count). The van der Waals surface area contributed by atoms with E-state index >= 15 is 0 Å². The largest absolute Gasteiger partial charge is 0.496 e. The summed E-state index contributed by atoms with van der Waals surface area (Å²) >= 11 is 7.65. The van der Waals surface area contributed by atoms with Gasteiger partial charge in [-0.15, -0.1) is 11.8 Å². The van der Waals surface area contributed by atoms with E-state index in [0.29, 0.717) is 16.3 Å². The molecule has 0 fully saturated rings. The Morgan fingerprint density at radius 3 is 2.62 bits per heavy atom. The number of thioether (sulfide) groups is 1. The predicted molar refractivity (Wildman–Crippen MR) is 113 cm³/mol. The second kappa shape index (κ2) is 10.7. The number of halogens is 1. The lowest BCUT2D eigenvalue weighted by molar-refractivity contribution is -0.385. The molecule has 2 aromatic rings. The maximum absolute atomic E-state index is 12.3. The standard InChI is InChI=1S/C19H20ClN3O5S/c1-4-29-18-6-5-14(20)7-12(18)9-19(24)22-21-11-13-8-15(23(25)26)17(28-3)10-16(13)27-2/h5-8,10-11H,4,9H2,1-3H3,(H,22,24)/b21-11-. The van der Waals surface area contributed by atoms with Gasteiger partial charge in [-0.05, 0) is 29.5 Å². The maximum atomic E-state index is 12.3. The molecule has 0 aliphatic rings. The lowest BCUT2D eigenvalue weighted by Crippen LogP contribution is -2.20. The third-order valence-corrected chi connectivity index (χ3v) is 5.03. The molecule has 154 valence electrons. The van der Waals surface area contributed by atoms with Gasteiger partial charge in [0.15, 0.2) is 0 Å². The zero-order valence-electron chi connectivity index (χ0n) is 16.1. The van der Waals surface area contributed by atoms with Gasteiger partial charge >= 0.3 is 5.69 Å². The summed E-state index contributed by atoms with van der Waals surface area (Å²) in [7, 11) is 2.75. The summed E-state index contributed by atoms with van der Waals surface area (Å²) in [6, 6.07) is 8.06. The van der Waals surface area contributed by atoms with Crippen LogP contribution in [0.1, 0.15) is 18.1 Å². The molecule has 0 unspecified atom stereocenters. The number of hydrogen-bond donors (Lipinski definition) is 1. The molecule has 8 nitrogen and oxygen atoms in total. The van der Waals surface area contributed by atoms with Crippen LogP contribution in [-0.2, 0) is 11.2 Å². The van der Waals surface area contributed by atoms with Gasteiger partial charge in [-0.2, -0.15) is 5.10 Å². The molecule has 0 spiro atoms. The van der Waals surface area contributed by atoms with E-state index in [-0.39, 0.29) is 23.8 Å². The molecule has 0 aliphatic carbocycles. The van der Waals surface area contributed by atoms with Gasteiger partial charge in [0, 0.05) is 27.6 Å². The molecule has 0 aromatic heterocycles. The van der Waals surface area contributed by atoms with Gasteiger partial charge in [0.05, 0.1) is 31.8 Å². The van der Waals surface area contributed by atoms with Crippen molar-refractivity contribution in [2.75, 3.05) is 20.0 Å². The van der Waals surface area contributed by atoms with Crippen LogP contribution in [0.3, 0.4) is 0 Å². The molecular weight excluding hydrogens is 418 g/mol. The lowest BCUT2D eigenvalue weighted by atomic mass is 10.1. The van der Waals surface area contributed by atoms with E-state index in [2.05, 4.69) is 10.5 Å². The number of nitrogens with one attached hydrogen (secondary N) is 1. The van der Waals surface area contributed by atoms with Crippen LogP contribution in [0.5, 0.6) is 11.5 Å². The number of nitro groups is 1. The Morgan fingerprint density at radius 2 is 2.00 bits per heavy atom. The summed E-state index contributed by atoms with van der Waals surface area (Å²) in [5.41, 5.74) is 3.31. The average molecular weight is 438 g/mol. The quantitative estimate of drug-likeness (QED) is 0.274. The summed E-state index contributed by atoms with van der Waals surface area (Å²) in [5.74, 6) is 0.907. The molecule has 2 aromatic carbocycles. The summed E-state index contributed by atoms with van der Waals surface area (Å²) < 4.78 is 10.2. The van der Waals surface area contributed by atoms with E-state index in [1.807, 2.05) is 13.0 Å². The van der Waals surface area contributed by atoms with E-state index in [9.17, 15) is 14.9 Å². The van der Waals surface area contributed by atoms with Gasteiger partial charge in [0.2, 0.25) is 11.7 Å². The highest BCUT2D eigenvalue weighted by atomic mass is 35.5. The molecule has 29 heavy (non-hydrogen) atoms. The molecule has 0 bridgehead atoms. The average Bonchev–Trinajstić information content (AvgIpc) is 2.69. The first-order chi connectivity index (χ1) is 13.9. The Kier molecular flexibility index (Phi) is 8.29. The fraction of sp³-hybridized carbons (Fsp3) is 0.263. The minimum absolute atomic E-state index is 0.0648. The number of ether oxygens (including phenoxy) is 2. The second-order valence-corrected chi connectivity index (χ2v) is 7.42. The van der Waals surface area contributed by atoms with Crippen molar-refractivity contribution in [2.45, 2.75) is 18.2 Å². The number of nitrogens with zero attached hydrogens (tertiary/aromatic N) is 2. The number of rotatable bonds is 9. The molecule has 0 radical (unpaired) electrons. The number of methoxy groups -OCH3 is 2. The minimum atomic E-state index is -0.569. The fourth-order valence-corrected chi connectivity index (χ4v) is 3.50. The van der Waals surface area contributed by atoms with Crippen molar-refractivity contribution >= 4 is 41.2 Å². The number of amides is 1. The minimum Gasteiger partial charge on any atom is -0.496 e. The van der Waals surface area contributed by atoms with Gasteiger partial charge in [-0.1, -0.05) is 18.5 Å². The monoisotopic (exact) mass is 437 g/mol. The normalized spacial score (nSPS) is 10.8. The highest BCUT2D eigenvalue weighted by Gasteiger charge is 2.19. The van der Waals surface area contributed by atoms with Crippen molar-refractivity contribution in [3.63, 3.8) is 0 Å². The van der Waals surface area contributed by atoms with E-state index < -0.39 is 4.92 Å². The van der Waals surface area contributed by atoms with Crippen molar-refractivity contribution in [1.82, 2.24) is 5.43 Å². The van der Waals surface area contributed by atoms with Crippen molar-refractivity contribution in [3.05, 3.63) is 56.6 Å². The van der Waals surface area contributed by atoms with Crippen LogP contribution in [0.4, 0.5) is 5.69 Å². The first kappa shape index (κ1) is 22.5. The molecule has 0 saturated carbocycles. The number of benzene rings is 2. The lowest BCUT2D eigenvalue weighted by Gasteiger charge is -2.09. The van der Waals surface area contributed by atoms with Crippen LogP contribution in [0, 0.1) is 10.1 Å². The smallest absolute Gasteiger partial charge is 0.311 e. The van der Waals surface area contributed by atoms with Crippen molar-refractivity contribution in [3.8, 4) is 11.5 Å². The molecule has 0 aliphatic heterocycles. The van der Waals surface area contributed by atoms with Gasteiger partial charge in [-0.25, -0.2) is 5.43 Å². The van der Waals surface area contributed by atoms with Crippen LogP contribution in [0.15, 0.2) is 40.3 Å². The Labute approximate surface area is 177 Å². The first-order valence-electron chi connectivity index (χ1n) is 8.53. The third kappa shape index (κ3) is 6.10. The van der Waals surface area contributed by atoms with E-state index in [1.54, 1.807) is 23.9 Å². The topological polar surface area (TPSA) is 103 Å². The second-order valence-electron chi connectivity index (χ2n) is 5.68. The summed E-state index contributed by atoms with van der Waals surface area (Å²) in [6.07, 6.45) is 1.38. The molecule has 0 atom stereocenters.